The molecule has 3 rings (SSSR count). The monoisotopic (exact) mass is 404 g/mol. The molecule has 0 aliphatic heterocycles. The van der Waals surface area contributed by atoms with Gasteiger partial charge in [0.15, 0.2) is 11.6 Å². The van der Waals surface area contributed by atoms with E-state index in [2.05, 4.69) is 13.3 Å². The third kappa shape index (κ3) is 5.44. The van der Waals surface area contributed by atoms with Gasteiger partial charge in [0.25, 0.3) is 0 Å². The van der Waals surface area contributed by atoms with E-state index in [0.29, 0.717) is 23.5 Å². The molecule has 0 radical (unpaired) electrons. The van der Waals surface area contributed by atoms with Gasteiger partial charge in [-0.15, -0.1) is 0 Å². The van der Waals surface area contributed by atoms with Crippen LogP contribution in [0.2, 0.25) is 0 Å². The number of rotatable bonds is 4. The summed E-state index contributed by atoms with van der Waals surface area (Å²) in [6, 6.07) is 3.70. The Morgan fingerprint density at radius 1 is 0.958 bits per heavy atom. The fourth-order valence-corrected chi connectivity index (χ4v) is 4.33. The smallest absolute Gasteiger partial charge is 0.328 e. The fraction of sp³-hybridized carbons (Fsp3) is 0.667. The Hall–Kier alpha value is 0.885. The van der Waals surface area contributed by atoms with Crippen molar-refractivity contribution in [2.24, 2.45) is 11.8 Å². The summed E-state index contributed by atoms with van der Waals surface area (Å²) >= 11 is 0. The van der Waals surface area contributed by atoms with Gasteiger partial charge in [0.05, 0.1) is 0 Å². The maximum Gasteiger partial charge on any atom is 1.00 e. The number of halogens is 2. The third-order valence-corrected chi connectivity index (χ3v) is 6.03. The van der Waals surface area contributed by atoms with Crippen LogP contribution in [0.25, 0.3) is 0 Å². The van der Waals surface area contributed by atoms with Crippen LogP contribution in [0.3, 0.4) is 0 Å². The molecular weight excluding hydrogens is 376 g/mol. The van der Waals surface area contributed by atoms with Gasteiger partial charge in [-0.3, -0.25) is 0 Å². The van der Waals surface area contributed by atoms with Gasteiger partial charge in [-0.1, -0.05) is 57.6 Å². The van der Waals surface area contributed by atoms with Crippen LogP contribution >= 0.6 is 0 Å². The molecule has 0 atom stereocenters. The molecule has 128 valence electrons. The second-order valence-corrected chi connectivity index (χ2v) is 7.75. The molecule has 0 amide bonds. The molecule has 24 heavy (non-hydrogen) atoms. The van der Waals surface area contributed by atoms with Crippen molar-refractivity contribution < 1.29 is 67.0 Å². The third-order valence-electron chi connectivity index (χ3n) is 6.03. The van der Waals surface area contributed by atoms with Crippen molar-refractivity contribution in [2.75, 3.05) is 0 Å². The van der Waals surface area contributed by atoms with Crippen LogP contribution in [-0.2, 0) is 6.42 Å². The summed E-state index contributed by atoms with van der Waals surface area (Å²) in [4.78, 5) is 0. The molecule has 0 heterocycles. The van der Waals surface area contributed by atoms with E-state index in [1.807, 2.05) is 12.1 Å². The largest absolute Gasteiger partial charge is 1.00 e. The number of benzene rings is 1. The molecule has 0 nitrogen and oxygen atoms in total. The van der Waals surface area contributed by atoms with Crippen molar-refractivity contribution in [3.05, 3.63) is 41.3 Å². The second kappa shape index (κ2) is 10.3. The summed E-state index contributed by atoms with van der Waals surface area (Å²) in [7, 11) is 0. The standard InChI is InChI=1S/C21H29F2.Rb/c1-15-7-9-16(10-8-15)11-12-18-13-14-19(21(23)20(18)22)17-5-3-2-4-6-17;/h2,13-17H,3-12H2,1H3;/q-1;+1. The summed E-state index contributed by atoms with van der Waals surface area (Å²) in [6.07, 6.45) is 13.0. The summed E-state index contributed by atoms with van der Waals surface area (Å²) in [5.41, 5.74) is 1.18. The number of hydrogen-bond donors (Lipinski definition) is 0. The van der Waals surface area contributed by atoms with Gasteiger partial charge in [0, 0.05) is 0 Å². The van der Waals surface area contributed by atoms with Crippen LogP contribution < -0.4 is 58.2 Å². The molecule has 2 aliphatic carbocycles. The van der Waals surface area contributed by atoms with E-state index in [-0.39, 0.29) is 64.1 Å². The minimum absolute atomic E-state index is 0. The fourth-order valence-electron chi connectivity index (χ4n) is 4.33. The molecule has 0 N–H and O–H groups in total. The quantitative estimate of drug-likeness (QED) is 0.673. The molecule has 0 spiro atoms. The molecule has 1 aromatic carbocycles. The van der Waals surface area contributed by atoms with Crippen molar-refractivity contribution in [3.63, 3.8) is 0 Å². The van der Waals surface area contributed by atoms with Crippen LogP contribution in [0, 0.1) is 29.9 Å². The van der Waals surface area contributed by atoms with Gasteiger partial charge < -0.3 is 6.42 Å². The van der Waals surface area contributed by atoms with Crippen molar-refractivity contribution in [1.82, 2.24) is 0 Å². The molecule has 0 aromatic heterocycles. The Morgan fingerprint density at radius 2 is 1.62 bits per heavy atom. The Balaban J connectivity index is 0.00000208. The van der Waals surface area contributed by atoms with Gasteiger partial charge in [-0.25, -0.2) is 8.78 Å². The van der Waals surface area contributed by atoms with Crippen LogP contribution in [0.15, 0.2) is 12.1 Å². The van der Waals surface area contributed by atoms with Crippen LogP contribution in [-0.4, -0.2) is 0 Å². The average Bonchev–Trinajstić information content (AvgIpc) is 2.58. The second-order valence-electron chi connectivity index (χ2n) is 7.75. The zero-order valence-electron chi connectivity index (χ0n) is 15.3. The molecule has 0 bridgehead atoms. The molecule has 0 unspecified atom stereocenters. The first-order chi connectivity index (χ1) is 11.1. The summed E-state index contributed by atoms with van der Waals surface area (Å²) in [5.74, 6) is 0.575. The molecular formula is C21H29F2Rb. The zero-order valence-corrected chi connectivity index (χ0v) is 20.2. The molecule has 1 aromatic rings. The molecule has 0 saturated heterocycles. The minimum Gasteiger partial charge on any atom is -0.328 e. The van der Waals surface area contributed by atoms with E-state index in [9.17, 15) is 8.78 Å². The number of aryl methyl sites for hydroxylation is 1. The normalized spacial score (nSPS) is 25.3. The summed E-state index contributed by atoms with van der Waals surface area (Å²) in [5, 5.41) is 0. The van der Waals surface area contributed by atoms with Crippen LogP contribution in [0.1, 0.15) is 81.8 Å². The van der Waals surface area contributed by atoms with E-state index in [1.54, 1.807) is 0 Å². The van der Waals surface area contributed by atoms with Crippen LogP contribution in [0.4, 0.5) is 8.78 Å². The predicted octanol–water partition coefficient (Wildman–Crippen LogP) is 3.59. The number of hydrogen-bond acceptors (Lipinski definition) is 0. The first kappa shape index (κ1) is 21.2. The van der Waals surface area contributed by atoms with Crippen LogP contribution in [0.5, 0.6) is 0 Å². The van der Waals surface area contributed by atoms with E-state index < -0.39 is 11.6 Å². The van der Waals surface area contributed by atoms with Gasteiger partial charge in [-0.05, 0) is 41.7 Å². The first-order valence-electron chi connectivity index (χ1n) is 9.43. The average molecular weight is 405 g/mol. The van der Waals surface area contributed by atoms with E-state index in [4.69, 9.17) is 0 Å². The Labute approximate surface area is 195 Å². The van der Waals surface area contributed by atoms with Gasteiger partial charge >= 0.3 is 58.2 Å². The van der Waals surface area contributed by atoms with E-state index in [1.165, 1.54) is 25.7 Å². The zero-order chi connectivity index (χ0) is 16.2. The van der Waals surface area contributed by atoms with Crippen molar-refractivity contribution in [2.45, 2.75) is 77.0 Å². The SMILES string of the molecule is CC1CCC(CCc2ccc(C3CC[CH-]CC3)c(F)c2F)CC1.[Rb+]. The molecule has 3 heteroatoms. The van der Waals surface area contributed by atoms with Gasteiger partial charge in [0.1, 0.15) is 0 Å². The predicted molar refractivity (Wildman–Crippen MR) is 91.3 cm³/mol. The Kier molecular flexibility index (Phi) is 9.07. The summed E-state index contributed by atoms with van der Waals surface area (Å²) in [6.45, 7) is 2.31. The van der Waals surface area contributed by atoms with E-state index >= 15 is 0 Å². The van der Waals surface area contributed by atoms with Gasteiger partial charge in [-0.2, -0.15) is 12.8 Å². The Bertz CT molecular complexity index is 515. The van der Waals surface area contributed by atoms with Gasteiger partial charge in [0.2, 0.25) is 0 Å². The molecule has 2 fully saturated rings. The molecule has 2 aliphatic rings. The first-order valence-corrected chi connectivity index (χ1v) is 9.43. The van der Waals surface area contributed by atoms with Crippen molar-refractivity contribution in [3.8, 4) is 0 Å². The topological polar surface area (TPSA) is 0 Å². The van der Waals surface area contributed by atoms with E-state index in [0.717, 1.165) is 38.0 Å². The van der Waals surface area contributed by atoms with Crippen molar-refractivity contribution in [1.29, 1.82) is 0 Å². The molecule has 2 saturated carbocycles. The maximum atomic E-state index is 14.5. The van der Waals surface area contributed by atoms with Crippen molar-refractivity contribution >= 4 is 0 Å². The Morgan fingerprint density at radius 3 is 2.29 bits per heavy atom. The minimum atomic E-state index is -0.582. The maximum absolute atomic E-state index is 14.5. The summed E-state index contributed by atoms with van der Waals surface area (Å²) < 4.78 is 28.9.